The smallest absolute Gasteiger partial charge is 0.324 e. The molecule has 0 bridgehead atoms. The van der Waals surface area contributed by atoms with Gasteiger partial charge in [-0.1, -0.05) is 27.5 Å². The second-order valence-electron chi connectivity index (χ2n) is 3.16. The molecule has 0 heterocycles. The molecule has 0 saturated heterocycles. The van der Waals surface area contributed by atoms with Crippen LogP contribution in [0.4, 0.5) is 0 Å². The fourth-order valence-electron chi connectivity index (χ4n) is 1.21. The summed E-state index contributed by atoms with van der Waals surface area (Å²) < 4.78 is 5.71. The number of hydrogen-bond donors (Lipinski definition) is 0. The summed E-state index contributed by atoms with van der Waals surface area (Å²) in [5.41, 5.74) is 0.889. The first-order valence-corrected chi connectivity index (χ1v) is 6.40. The van der Waals surface area contributed by atoms with E-state index in [2.05, 4.69) is 15.9 Å². The molecule has 0 amide bonds. The lowest BCUT2D eigenvalue weighted by Crippen LogP contribution is -2.20. The van der Waals surface area contributed by atoms with E-state index in [4.69, 9.17) is 27.9 Å². The summed E-state index contributed by atoms with van der Waals surface area (Å²) in [6.45, 7) is 2.08. The molecule has 0 fully saturated rings. The maximum absolute atomic E-state index is 11.3. The minimum absolute atomic E-state index is 0.332. The lowest BCUT2D eigenvalue weighted by atomic mass is 10.1. The summed E-state index contributed by atoms with van der Waals surface area (Å²) in [7, 11) is 0. The van der Waals surface area contributed by atoms with E-state index in [9.17, 15) is 4.79 Å². The van der Waals surface area contributed by atoms with Crippen molar-refractivity contribution < 1.29 is 9.53 Å². The summed E-state index contributed by atoms with van der Waals surface area (Å²) in [6, 6.07) is 5.37. The molecule has 5 heteroatoms. The number of rotatable bonds is 4. The standard InChI is InChI=1S/C11H11BrCl2O2/c1-2-16-11(15)10(14)6-7-5-8(13)3-4-9(7)12/h3-5,10H,2,6H2,1H3. The zero-order valence-electron chi connectivity index (χ0n) is 8.67. The Hall–Kier alpha value is -0.250. The van der Waals surface area contributed by atoms with Gasteiger partial charge in [-0.15, -0.1) is 11.6 Å². The highest BCUT2D eigenvalue weighted by Crippen LogP contribution is 2.23. The van der Waals surface area contributed by atoms with Gasteiger partial charge in [0.25, 0.3) is 0 Å². The predicted octanol–water partition coefficient (Wildman–Crippen LogP) is 3.82. The third-order valence-corrected chi connectivity index (χ3v) is 3.29. The average Bonchev–Trinajstić information content (AvgIpc) is 2.23. The number of carbonyl (C=O) groups excluding carboxylic acids is 1. The van der Waals surface area contributed by atoms with Crippen LogP contribution in [0.1, 0.15) is 12.5 Å². The maximum atomic E-state index is 11.3. The number of halogens is 3. The molecule has 1 atom stereocenters. The first-order chi connectivity index (χ1) is 7.54. The summed E-state index contributed by atoms with van der Waals surface area (Å²) in [5, 5.41) is -0.0688. The van der Waals surface area contributed by atoms with Gasteiger partial charge in [0.1, 0.15) is 5.38 Å². The van der Waals surface area contributed by atoms with Gasteiger partial charge in [0, 0.05) is 15.9 Å². The molecule has 0 saturated carbocycles. The van der Waals surface area contributed by atoms with Gasteiger partial charge in [0.15, 0.2) is 0 Å². The molecule has 1 rings (SSSR count). The van der Waals surface area contributed by atoms with Crippen molar-refractivity contribution in [3.63, 3.8) is 0 Å². The highest BCUT2D eigenvalue weighted by molar-refractivity contribution is 9.10. The summed E-state index contributed by atoms with van der Waals surface area (Å²) in [6.07, 6.45) is 0.390. The van der Waals surface area contributed by atoms with E-state index >= 15 is 0 Å². The number of ether oxygens (including phenoxy) is 1. The van der Waals surface area contributed by atoms with Crippen molar-refractivity contribution in [3.05, 3.63) is 33.3 Å². The van der Waals surface area contributed by atoms with Crippen LogP contribution in [0.2, 0.25) is 5.02 Å². The van der Waals surface area contributed by atoms with Gasteiger partial charge in [-0.2, -0.15) is 0 Å². The first-order valence-electron chi connectivity index (χ1n) is 4.79. The van der Waals surface area contributed by atoms with Crippen LogP contribution in [-0.2, 0) is 16.0 Å². The Bertz CT molecular complexity index is 382. The molecular formula is C11H11BrCl2O2. The summed E-state index contributed by atoms with van der Waals surface area (Å²) in [5.74, 6) is -0.406. The van der Waals surface area contributed by atoms with E-state index in [1.54, 1.807) is 19.1 Å². The van der Waals surface area contributed by atoms with Gasteiger partial charge in [0.2, 0.25) is 0 Å². The zero-order chi connectivity index (χ0) is 12.1. The molecular weight excluding hydrogens is 315 g/mol. The number of carbonyl (C=O) groups is 1. The highest BCUT2D eigenvalue weighted by atomic mass is 79.9. The fraction of sp³-hybridized carbons (Fsp3) is 0.364. The number of alkyl halides is 1. The molecule has 0 spiro atoms. The Morgan fingerprint density at radius 3 is 2.88 bits per heavy atom. The van der Waals surface area contributed by atoms with Gasteiger partial charge in [-0.25, -0.2) is 0 Å². The van der Waals surface area contributed by atoms with Crippen molar-refractivity contribution in [2.24, 2.45) is 0 Å². The van der Waals surface area contributed by atoms with Crippen LogP contribution < -0.4 is 0 Å². The highest BCUT2D eigenvalue weighted by Gasteiger charge is 2.18. The monoisotopic (exact) mass is 324 g/mol. The van der Waals surface area contributed by atoms with Crippen molar-refractivity contribution in [1.29, 1.82) is 0 Å². The predicted molar refractivity (Wildman–Crippen MR) is 69.1 cm³/mol. The molecule has 0 N–H and O–H groups in total. The fourth-order valence-corrected chi connectivity index (χ4v) is 2.04. The average molecular weight is 326 g/mol. The topological polar surface area (TPSA) is 26.3 Å². The summed E-state index contributed by atoms with van der Waals surface area (Å²) >= 11 is 15.2. The molecule has 1 aromatic carbocycles. The Kier molecular flexibility index (Phi) is 5.59. The number of benzene rings is 1. The largest absolute Gasteiger partial charge is 0.465 e. The van der Waals surface area contributed by atoms with Crippen LogP contribution in [0, 0.1) is 0 Å². The van der Waals surface area contributed by atoms with Crippen LogP contribution in [0.5, 0.6) is 0 Å². The van der Waals surface area contributed by atoms with Crippen LogP contribution in [-0.4, -0.2) is 18.0 Å². The van der Waals surface area contributed by atoms with Crippen LogP contribution in [0.15, 0.2) is 22.7 Å². The van der Waals surface area contributed by atoms with Crippen molar-refractivity contribution in [3.8, 4) is 0 Å². The molecule has 0 aliphatic rings. The number of esters is 1. The molecule has 1 unspecified atom stereocenters. The minimum atomic E-state index is -0.685. The lowest BCUT2D eigenvalue weighted by molar-refractivity contribution is -0.142. The first kappa shape index (κ1) is 13.8. The molecule has 0 radical (unpaired) electrons. The lowest BCUT2D eigenvalue weighted by Gasteiger charge is -2.10. The summed E-state index contributed by atoms with van der Waals surface area (Å²) in [4.78, 5) is 11.3. The van der Waals surface area contributed by atoms with E-state index < -0.39 is 11.3 Å². The zero-order valence-corrected chi connectivity index (χ0v) is 11.8. The molecule has 16 heavy (non-hydrogen) atoms. The Morgan fingerprint density at radius 1 is 1.56 bits per heavy atom. The maximum Gasteiger partial charge on any atom is 0.324 e. The van der Waals surface area contributed by atoms with Crippen LogP contribution in [0.25, 0.3) is 0 Å². The molecule has 0 aliphatic heterocycles. The van der Waals surface area contributed by atoms with Crippen molar-refractivity contribution >= 4 is 45.1 Å². The van der Waals surface area contributed by atoms with E-state index in [1.807, 2.05) is 6.07 Å². The Balaban J connectivity index is 2.72. The van der Waals surface area contributed by atoms with Gasteiger partial charge < -0.3 is 4.74 Å². The number of hydrogen-bond acceptors (Lipinski definition) is 2. The molecule has 0 aliphatic carbocycles. The van der Waals surface area contributed by atoms with E-state index in [1.165, 1.54) is 0 Å². The van der Waals surface area contributed by atoms with Crippen LogP contribution in [0.3, 0.4) is 0 Å². The third kappa shape index (κ3) is 3.96. The van der Waals surface area contributed by atoms with Crippen molar-refractivity contribution in [2.45, 2.75) is 18.7 Å². The quantitative estimate of drug-likeness (QED) is 0.621. The Morgan fingerprint density at radius 2 is 2.25 bits per heavy atom. The van der Waals surface area contributed by atoms with Gasteiger partial charge in [-0.05, 0) is 30.7 Å². The van der Waals surface area contributed by atoms with Crippen molar-refractivity contribution in [1.82, 2.24) is 0 Å². The third-order valence-electron chi connectivity index (χ3n) is 1.95. The SMILES string of the molecule is CCOC(=O)C(Cl)Cc1cc(Cl)ccc1Br. The molecule has 2 nitrogen and oxygen atoms in total. The van der Waals surface area contributed by atoms with Crippen LogP contribution >= 0.6 is 39.1 Å². The van der Waals surface area contributed by atoms with Gasteiger partial charge >= 0.3 is 5.97 Å². The minimum Gasteiger partial charge on any atom is -0.465 e. The van der Waals surface area contributed by atoms with E-state index in [0.717, 1.165) is 10.0 Å². The Labute approximate surface area is 113 Å². The van der Waals surface area contributed by atoms with E-state index in [-0.39, 0.29) is 0 Å². The van der Waals surface area contributed by atoms with E-state index in [0.29, 0.717) is 18.1 Å². The van der Waals surface area contributed by atoms with Crippen molar-refractivity contribution in [2.75, 3.05) is 6.61 Å². The molecule has 1 aromatic rings. The van der Waals surface area contributed by atoms with Gasteiger partial charge in [-0.3, -0.25) is 4.79 Å². The molecule has 88 valence electrons. The second kappa shape index (κ2) is 6.48. The second-order valence-corrected chi connectivity index (χ2v) is 4.98. The normalized spacial score (nSPS) is 12.2. The molecule has 0 aromatic heterocycles. The van der Waals surface area contributed by atoms with Gasteiger partial charge in [0.05, 0.1) is 6.61 Å².